The summed E-state index contributed by atoms with van der Waals surface area (Å²) in [5, 5.41) is 12.4. The van der Waals surface area contributed by atoms with E-state index in [4.69, 9.17) is 0 Å². The van der Waals surface area contributed by atoms with Gasteiger partial charge in [-0.25, -0.2) is 4.79 Å². The molecule has 2 N–H and O–H groups in total. The molecular weight excluding hydrogens is 418 g/mol. The third-order valence-electron chi connectivity index (χ3n) is 6.76. The van der Waals surface area contributed by atoms with Crippen LogP contribution in [0.25, 0.3) is 0 Å². The molecular formula is C26H47N3O4. The van der Waals surface area contributed by atoms with Crippen LogP contribution in [0.5, 0.6) is 0 Å². The first-order chi connectivity index (χ1) is 15.2. The first kappa shape index (κ1) is 29.1. The normalized spacial score (nSPS) is 20.8. The van der Waals surface area contributed by atoms with Gasteiger partial charge in [0, 0.05) is 18.7 Å². The van der Waals surface area contributed by atoms with Gasteiger partial charge in [0.2, 0.25) is 11.8 Å². The topological polar surface area (TPSA) is 90.0 Å². The highest BCUT2D eigenvalue weighted by Gasteiger charge is 2.40. The zero-order chi connectivity index (χ0) is 25.5. The molecule has 7 nitrogen and oxygen atoms in total. The Kier molecular flexibility index (Phi) is 11.1. The standard InChI is InChI=1S/C26H47N3O4/c1-10-13-19(5)29-15-12-11-14-20(29)23(30)27-22(26(6,7)8)24(31)28(9)21(17(2)3)16-18(4)25(32)33/h16-17,19-22H,10-15H2,1-9H3,(H,27,30)(H,32,33)/t19?,20-,21-,22-/m1/s1. The number of hydrogen-bond acceptors (Lipinski definition) is 4. The maximum absolute atomic E-state index is 13.6. The average molecular weight is 466 g/mol. The highest BCUT2D eigenvalue weighted by molar-refractivity contribution is 5.91. The third-order valence-corrected chi connectivity index (χ3v) is 6.76. The van der Waals surface area contributed by atoms with E-state index >= 15 is 0 Å². The summed E-state index contributed by atoms with van der Waals surface area (Å²) in [7, 11) is 1.69. The van der Waals surface area contributed by atoms with Crippen LogP contribution in [0.1, 0.15) is 87.5 Å². The van der Waals surface area contributed by atoms with E-state index in [1.165, 1.54) is 6.92 Å². The van der Waals surface area contributed by atoms with E-state index in [1.807, 2.05) is 34.6 Å². The number of carbonyl (C=O) groups is 3. The molecule has 0 aromatic rings. The number of nitrogens with zero attached hydrogens (tertiary/aromatic N) is 2. The Hall–Kier alpha value is -1.89. The van der Waals surface area contributed by atoms with Gasteiger partial charge in [-0.3, -0.25) is 14.5 Å². The van der Waals surface area contributed by atoms with E-state index in [0.29, 0.717) is 6.04 Å². The van der Waals surface area contributed by atoms with Crippen molar-refractivity contribution in [2.24, 2.45) is 11.3 Å². The Morgan fingerprint density at radius 3 is 2.27 bits per heavy atom. The number of likely N-dealkylation sites (N-methyl/N-ethyl adjacent to an activating group) is 1. The molecule has 1 heterocycles. The van der Waals surface area contributed by atoms with Crippen LogP contribution < -0.4 is 5.32 Å². The summed E-state index contributed by atoms with van der Waals surface area (Å²) in [5.41, 5.74) is -0.296. The summed E-state index contributed by atoms with van der Waals surface area (Å²) in [6.45, 7) is 16.5. The van der Waals surface area contributed by atoms with Crippen molar-refractivity contribution in [3.63, 3.8) is 0 Å². The second kappa shape index (κ2) is 12.5. The molecule has 0 bridgehead atoms. The number of amides is 2. The van der Waals surface area contributed by atoms with Crippen LogP contribution >= 0.6 is 0 Å². The number of carboxylic acid groups (broad SMARTS) is 1. The molecule has 0 aromatic carbocycles. The van der Waals surface area contributed by atoms with Crippen molar-refractivity contribution >= 4 is 17.8 Å². The van der Waals surface area contributed by atoms with Gasteiger partial charge in [-0.1, -0.05) is 60.5 Å². The predicted molar refractivity (Wildman–Crippen MR) is 133 cm³/mol. The quantitative estimate of drug-likeness (QED) is 0.475. The van der Waals surface area contributed by atoms with Gasteiger partial charge >= 0.3 is 5.97 Å². The van der Waals surface area contributed by atoms with E-state index in [0.717, 1.165) is 38.6 Å². The lowest BCUT2D eigenvalue weighted by Gasteiger charge is -2.41. The SMILES string of the molecule is CCCC(C)N1CCCC[C@@H]1C(=O)N[C@H](C(=O)N(C)[C@H](C=C(C)C(=O)O)C(C)C)C(C)(C)C. The molecule has 1 aliphatic heterocycles. The molecule has 1 aliphatic rings. The number of carbonyl (C=O) groups excluding carboxylic acids is 2. The summed E-state index contributed by atoms with van der Waals surface area (Å²) in [6, 6.07) is -0.989. The van der Waals surface area contributed by atoms with Crippen LogP contribution in [0.3, 0.4) is 0 Å². The van der Waals surface area contributed by atoms with Crippen LogP contribution in [0, 0.1) is 11.3 Å². The lowest BCUT2D eigenvalue weighted by atomic mass is 9.84. The highest BCUT2D eigenvalue weighted by atomic mass is 16.4. The van der Waals surface area contributed by atoms with E-state index < -0.39 is 17.4 Å². The Labute approximate surface area is 201 Å². The third kappa shape index (κ3) is 8.13. The Balaban J connectivity index is 3.16. The molecule has 0 aromatic heterocycles. The molecule has 33 heavy (non-hydrogen) atoms. The van der Waals surface area contributed by atoms with E-state index in [-0.39, 0.29) is 35.4 Å². The first-order valence-electron chi connectivity index (χ1n) is 12.5. The second-order valence-corrected chi connectivity index (χ2v) is 11.0. The highest BCUT2D eigenvalue weighted by Crippen LogP contribution is 2.26. The molecule has 4 atom stereocenters. The fourth-order valence-electron chi connectivity index (χ4n) is 4.66. The summed E-state index contributed by atoms with van der Waals surface area (Å²) in [6.07, 6.45) is 6.64. The van der Waals surface area contributed by atoms with Crippen LogP contribution in [-0.2, 0) is 14.4 Å². The summed E-state index contributed by atoms with van der Waals surface area (Å²) < 4.78 is 0. The maximum atomic E-state index is 13.6. The fourth-order valence-corrected chi connectivity index (χ4v) is 4.66. The molecule has 0 radical (unpaired) electrons. The lowest BCUT2D eigenvalue weighted by molar-refractivity contribution is -0.142. The van der Waals surface area contributed by atoms with E-state index in [1.54, 1.807) is 18.0 Å². The largest absolute Gasteiger partial charge is 0.478 e. The van der Waals surface area contributed by atoms with Gasteiger partial charge in [-0.05, 0) is 51.0 Å². The minimum atomic E-state index is -0.999. The second-order valence-electron chi connectivity index (χ2n) is 11.0. The van der Waals surface area contributed by atoms with Crippen LogP contribution in [-0.4, -0.2) is 70.4 Å². The van der Waals surface area contributed by atoms with Crippen molar-refractivity contribution in [1.29, 1.82) is 0 Å². The predicted octanol–water partition coefficient (Wildman–Crippen LogP) is 4.07. The Bertz CT molecular complexity index is 711. The van der Waals surface area contributed by atoms with Crippen molar-refractivity contribution in [2.75, 3.05) is 13.6 Å². The van der Waals surface area contributed by atoms with Crippen LogP contribution in [0.2, 0.25) is 0 Å². The van der Waals surface area contributed by atoms with Crippen molar-refractivity contribution in [1.82, 2.24) is 15.1 Å². The number of likely N-dealkylation sites (tertiary alicyclic amines) is 1. The molecule has 1 rings (SSSR count). The number of hydrogen-bond donors (Lipinski definition) is 2. The Morgan fingerprint density at radius 1 is 1.18 bits per heavy atom. The summed E-state index contributed by atoms with van der Waals surface area (Å²) in [4.78, 5) is 42.4. The summed E-state index contributed by atoms with van der Waals surface area (Å²) >= 11 is 0. The molecule has 0 spiro atoms. The molecule has 0 aliphatic carbocycles. The maximum Gasteiger partial charge on any atom is 0.331 e. The van der Waals surface area contributed by atoms with Crippen LogP contribution in [0.4, 0.5) is 0 Å². The molecule has 1 unspecified atom stereocenters. The number of carboxylic acids is 1. The van der Waals surface area contributed by atoms with Gasteiger partial charge < -0.3 is 15.3 Å². The molecule has 2 amide bonds. The zero-order valence-corrected chi connectivity index (χ0v) is 22.3. The smallest absolute Gasteiger partial charge is 0.331 e. The number of piperidine rings is 1. The molecule has 7 heteroatoms. The van der Waals surface area contributed by atoms with Crippen molar-refractivity contribution in [3.05, 3.63) is 11.6 Å². The molecule has 1 saturated heterocycles. The minimum absolute atomic E-state index is 0.0216. The number of nitrogens with one attached hydrogen (secondary N) is 1. The van der Waals surface area contributed by atoms with Gasteiger partial charge in [0.1, 0.15) is 6.04 Å². The summed E-state index contributed by atoms with van der Waals surface area (Å²) in [5.74, 6) is -1.26. The minimum Gasteiger partial charge on any atom is -0.478 e. The van der Waals surface area contributed by atoms with Gasteiger partial charge in [0.25, 0.3) is 0 Å². The Morgan fingerprint density at radius 2 is 1.79 bits per heavy atom. The molecule has 1 fully saturated rings. The number of aliphatic carboxylic acids is 1. The molecule has 0 saturated carbocycles. The van der Waals surface area contributed by atoms with Gasteiger partial charge in [0.15, 0.2) is 0 Å². The van der Waals surface area contributed by atoms with Crippen molar-refractivity contribution in [3.8, 4) is 0 Å². The molecule has 190 valence electrons. The van der Waals surface area contributed by atoms with E-state index in [2.05, 4.69) is 24.1 Å². The van der Waals surface area contributed by atoms with Gasteiger partial charge in [-0.2, -0.15) is 0 Å². The van der Waals surface area contributed by atoms with Crippen LogP contribution in [0.15, 0.2) is 11.6 Å². The van der Waals surface area contributed by atoms with Crippen molar-refractivity contribution < 1.29 is 19.5 Å². The monoisotopic (exact) mass is 465 g/mol. The first-order valence-corrected chi connectivity index (χ1v) is 12.5. The van der Waals surface area contributed by atoms with Gasteiger partial charge in [0.05, 0.1) is 12.1 Å². The average Bonchev–Trinajstić information content (AvgIpc) is 2.73. The fraction of sp³-hybridized carbons (Fsp3) is 0.808. The van der Waals surface area contributed by atoms with Gasteiger partial charge in [-0.15, -0.1) is 0 Å². The van der Waals surface area contributed by atoms with E-state index in [9.17, 15) is 19.5 Å². The number of rotatable bonds is 10. The van der Waals surface area contributed by atoms with Crippen molar-refractivity contribution in [2.45, 2.75) is 112 Å². The lowest BCUT2D eigenvalue weighted by Crippen LogP contribution is -2.60. The zero-order valence-electron chi connectivity index (χ0n) is 22.3.